The SMILES string of the molecule is CCOC=Cc1ccc(C=O)cc1. The lowest BCUT2D eigenvalue weighted by molar-refractivity contribution is 0.112. The largest absolute Gasteiger partial charge is 0.501 e. The van der Waals surface area contributed by atoms with Crippen molar-refractivity contribution in [3.63, 3.8) is 0 Å². The first-order chi connectivity index (χ1) is 6.36. The van der Waals surface area contributed by atoms with Crippen LogP contribution in [0.15, 0.2) is 30.5 Å². The summed E-state index contributed by atoms with van der Waals surface area (Å²) in [6.45, 7) is 2.60. The van der Waals surface area contributed by atoms with Crippen LogP contribution in [-0.4, -0.2) is 12.9 Å². The standard InChI is InChI=1S/C11H12O2/c1-2-13-8-7-10-3-5-11(9-12)6-4-10/h3-9H,2H2,1H3. The van der Waals surface area contributed by atoms with Crippen molar-refractivity contribution in [2.45, 2.75) is 6.92 Å². The van der Waals surface area contributed by atoms with Crippen LogP contribution in [0.4, 0.5) is 0 Å². The molecule has 0 N–H and O–H groups in total. The van der Waals surface area contributed by atoms with Crippen molar-refractivity contribution in [3.05, 3.63) is 41.7 Å². The van der Waals surface area contributed by atoms with Crippen molar-refractivity contribution >= 4 is 12.4 Å². The van der Waals surface area contributed by atoms with E-state index >= 15 is 0 Å². The Morgan fingerprint density at radius 2 is 1.85 bits per heavy atom. The van der Waals surface area contributed by atoms with Crippen LogP contribution in [0, 0.1) is 0 Å². The van der Waals surface area contributed by atoms with E-state index in [1.165, 1.54) is 0 Å². The quantitative estimate of drug-likeness (QED) is 0.520. The fraction of sp³-hybridized carbons (Fsp3) is 0.182. The fourth-order valence-electron chi connectivity index (χ4n) is 0.909. The number of aldehydes is 1. The third-order valence-electron chi connectivity index (χ3n) is 1.60. The minimum absolute atomic E-state index is 0.670. The molecule has 0 unspecified atom stereocenters. The van der Waals surface area contributed by atoms with E-state index in [0.29, 0.717) is 12.2 Å². The number of ether oxygens (including phenoxy) is 1. The molecule has 0 heterocycles. The summed E-state index contributed by atoms with van der Waals surface area (Å²) in [5.74, 6) is 0. The number of hydrogen-bond acceptors (Lipinski definition) is 2. The van der Waals surface area contributed by atoms with Gasteiger partial charge < -0.3 is 4.74 Å². The van der Waals surface area contributed by atoms with Crippen molar-refractivity contribution in [3.8, 4) is 0 Å². The topological polar surface area (TPSA) is 26.3 Å². The molecule has 0 aliphatic carbocycles. The average molecular weight is 176 g/mol. The number of hydrogen-bond donors (Lipinski definition) is 0. The first-order valence-electron chi connectivity index (χ1n) is 4.20. The molecule has 0 saturated carbocycles. The third kappa shape index (κ3) is 3.11. The summed E-state index contributed by atoms with van der Waals surface area (Å²) in [5, 5.41) is 0. The van der Waals surface area contributed by atoms with Gasteiger partial charge in [0.05, 0.1) is 12.9 Å². The molecule has 2 nitrogen and oxygen atoms in total. The Balaban J connectivity index is 2.63. The Morgan fingerprint density at radius 3 is 2.38 bits per heavy atom. The van der Waals surface area contributed by atoms with Gasteiger partial charge in [-0.1, -0.05) is 24.3 Å². The number of carbonyl (C=O) groups excluding carboxylic acids is 1. The van der Waals surface area contributed by atoms with Crippen LogP contribution in [0.5, 0.6) is 0 Å². The maximum atomic E-state index is 10.3. The molecular formula is C11H12O2. The molecule has 0 aliphatic rings. The van der Waals surface area contributed by atoms with Crippen LogP contribution in [0.1, 0.15) is 22.8 Å². The van der Waals surface area contributed by atoms with Crippen LogP contribution in [0.2, 0.25) is 0 Å². The lowest BCUT2D eigenvalue weighted by Gasteiger charge is -1.94. The number of carbonyl (C=O) groups is 1. The molecule has 0 saturated heterocycles. The predicted octanol–water partition coefficient (Wildman–Crippen LogP) is 2.51. The highest BCUT2D eigenvalue weighted by Crippen LogP contribution is 2.04. The molecule has 13 heavy (non-hydrogen) atoms. The Kier molecular flexibility index (Phi) is 3.76. The molecular weight excluding hydrogens is 164 g/mol. The zero-order chi connectivity index (χ0) is 9.52. The molecule has 0 aromatic heterocycles. The molecule has 1 rings (SSSR count). The molecule has 0 spiro atoms. The minimum atomic E-state index is 0.670. The Labute approximate surface area is 77.8 Å². The molecule has 0 aliphatic heterocycles. The fourth-order valence-corrected chi connectivity index (χ4v) is 0.909. The second kappa shape index (κ2) is 5.14. The molecule has 1 aromatic carbocycles. The van der Waals surface area contributed by atoms with E-state index < -0.39 is 0 Å². The highest BCUT2D eigenvalue weighted by atomic mass is 16.5. The molecule has 0 radical (unpaired) electrons. The van der Waals surface area contributed by atoms with Crippen molar-refractivity contribution in [1.82, 2.24) is 0 Å². The molecule has 2 heteroatoms. The third-order valence-corrected chi connectivity index (χ3v) is 1.60. The van der Waals surface area contributed by atoms with Crippen LogP contribution in [0.3, 0.4) is 0 Å². The Morgan fingerprint density at radius 1 is 1.23 bits per heavy atom. The van der Waals surface area contributed by atoms with Gasteiger partial charge in [-0.2, -0.15) is 0 Å². The van der Waals surface area contributed by atoms with Crippen molar-refractivity contribution in [2.75, 3.05) is 6.61 Å². The summed E-state index contributed by atoms with van der Waals surface area (Å²) in [6.07, 6.45) is 4.34. The molecule has 0 amide bonds. The van der Waals surface area contributed by atoms with Gasteiger partial charge in [0.1, 0.15) is 6.29 Å². The maximum Gasteiger partial charge on any atom is 0.150 e. The molecule has 1 aromatic rings. The van der Waals surface area contributed by atoms with Gasteiger partial charge in [-0.15, -0.1) is 0 Å². The monoisotopic (exact) mass is 176 g/mol. The smallest absolute Gasteiger partial charge is 0.150 e. The van der Waals surface area contributed by atoms with Crippen LogP contribution < -0.4 is 0 Å². The van der Waals surface area contributed by atoms with Gasteiger partial charge in [0, 0.05) is 5.56 Å². The first kappa shape index (κ1) is 9.52. The van der Waals surface area contributed by atoms with E-state index in [1.54, 1.807) is 18.4 Å². The van der Waals surface area contributed by atoms with Gasteiger partial charge in [-0.05, 0) is 18.6 Å². The van der Waals surface area contributed by atoms with E-state index in [4.69, 9.17) is 4.74 Å². The van der Waals surface area contributed by atoms with Crippen molar-refractivity contribution < 1.29 is 9.53 Å². The number of benzene rings is 1. The average Bonchev–Trinajstić information content (AvgIpc) is 2.19. The second-order valence-corrected chi connectivity index (χ2v) is 2.54. The van der Waals surface area contributed by atoms with Gasteiger partial charge in [0.15, 0.2) is 0 Å². The van der Waals surface area contributed by atoms with Gasteiger partial charge >= 0.3 is 0 Å². The maximum absolute atomic E-state index is 10.3. The Hall–Kier alpha value is -1.57. The minimum Gasteiger partial charge on any atom is -0.501 e. The summed E-state index contributed by atoms with van der Waals surface area (Å²) < 4.78 is 5.04. The van der Waals surface area contributed by atoms with Crippen LogP contribution in [-0.2, 0) is 4.74 Å². The van der Waals surface area contributed by atoms with Crippen LogP contribution >= 0.6 is 0 Å². The molecule has 0 atom stereocenters. The summed E-state index contributed by atoms with van der Waals surface area (Å²) in [4.78, 5) is 10.3. The normalized spacial score (nSPS) is 10.2. The van der Waals surface area contributed by atoms with Crippen molar-refractivity contribution in [2.24, 2.45) is 0 Å². The van der Waals surface area contributed by atoms with E-state index in [1.807, 2.05) is 25.1 Å². The summed E-state index contributed by atoms with van der Waals surface area (Å²) >= 11 is 0. The first-order valence-corrected chi connectivity index (χ1v) is 4.20. The van der Waals surface area contributed by atoms with E-state index in [0.717, 1.165) is 11.8 Å². The lowest BCUT2D eigenvalue weighted by Crippen LogP contribution is -1.80. The van der Waals surface area contributed by atoms with E-state index in [9.17, 15) is 4.79 Å². The van der Waals surface area contributed by atoms with Gasteiger partial charge in [0.25, 0.3) is 0 Å². The summed E-state index contributed by atoms with van der Waals surface area (Å²) in [5.41, 5.74) is 1.72. The van der Waals surface area contributed by atoms with Gasteiger partial charge in [-0.3, -0.25) is 4.79 Å². The summed E-state index contributed by atoms with van der Waals surface area (Å²) in [7, 11) is 0. The predicted molar refractivity (Wildman–Crippen MR) is 52.5 cm³/mol. The summed E-state index contributed by atoms with van der Waals surface area (Å²) in [6, 6.07) is 7.30. The lowest BCUT2D eigenvalue weighted by atomic mass is 10.1. The second-order valence-electron chi connectivity index (χ2n) is 2.54. The highest BCUT2D eigenvalue weighted by Gasteiger charge is 1.88. The zero-order valence-corrected chi connectivity index (χ0v) is 7.57. The van der Waals surface area contributed by atoms with E-state index in [2.05, 4.69) is 0 Å². The Bertz CT molecular complexity index is 285. The van der Waals surface area contributed by atoms with Crippen LogP contribution in [0.25, 0.3) is 6.08 Å². The highest BCUT2D eigenvalue weighted by molar-refractivity contribution is 5.75. The molecule has 0 bridgehead atoms. The van der Waals surface area contributed by atoms with Gasteiger partial charge in [-0.25, -0.2) is 0 Å². The number of rotatable bonds is 4. The molecule has 0 fully saturated rings. The zero-order valence-electron chi connectivity index (χ0n) is 7.57. The van der Waals surface area contributed by atoms with Crippen molar-refractivity contribution in [1.29, 1.82) is 0 Å². The van der Waals surface area contributed by atoms with E-state index in [-0.39, 0.29) is 0 Å². The molecule has 68 valence electrons. The van der Waals surface area contributed by atoms with Gasteiger partial charge in [0.2, 0.25) is 0 Å².